The second-order valence-electron chi connectivity index (χ2n) is 3.80. The summed E-state index contributed by atoms with van der Waals surface area (Å²) in [4.78, 5) is 10.2. The molecule has 0 bridgehead atoms. The van der Waals surface area contributed by atoms with Gasteiger partial charge < -0.3 is 9.90 Å². The van der Waals surface area contributed by atoms with Crippen LogP contribution in [0.25, 0.3) is 0 Å². The van der Waals surface area contributed by atoms with Gasteiger partial charge in [0.2, 0.25) is 0 Å². The van der Waals surface area contributed by atoms with E-state index in [-0.39, 0.29) is 0 Å². The normalized spacial score (nSPS) is 38.5. The van der Waals surface area contributed by atoms with Crippen molar-refractivity contribution in [2.75, 3.05) is 0 Å². The third kappa shape index (κ3) is 2.29. The molecule has 1 rings (SSSR count). The first-order chi connectivity index (χ1) is 5.16. The fraction of sp³-hybridized carbons (Fsp3) is 0.889. The Morgan fingerprint density at radius 1 is 1.73 bits per heavy atom. The van der Waals surface area contributed by atoms with Gasteiger partial charge in [-0.3, -0.25) is 0 Å². The van der Waals surface area contributed by atoms with E-state index in [0.717, 1.165) is 25.5 Å². The van der Waals surface area contributed by atoms with Crippen LogP contribution in [0.4, 0.5) is 0 Å². The van der Waals surface area contributed by atoms with E-state index in [0.29, 0.717) is 12.3 Å². The zero-order valence-corrected chi connectivity index (χ0v) is 7.05. The highest BCUT2D eigenvalue weighted by Gasteiger charge is 2.31. The summed E-state index contributed by atoms with van der Waals surface area (Å²) in [6.07, 6.45) is 5.00. The lowest BCUT2D eigenvalue weighted by Crippen LogP contribution is -2.34. The van der Waals surface area contributed by atoms with Crippen molar-refractivity contribution >= 4 is 6.29 Å². The smallest absolute Gasteiger partial charge is 0.122 e. The maximum absolute atomic E-state index is 10.2. The Hall–Kier alpha value is -0.370. The molecule has 2 nitrogen and oxygen atoms in total. The fourth-order valence-electron chi connectivity index (χ4n) is 1.97. The van der Waals surface area contributed by atoms with Gasteiger partial charge >= 0.3 is 0 Å². The molecule has 1 N–H and O–H groups in total. The van der Waals surface area contributed by atoms with Crippen molar-refractivity contribution in [2.45, 2.75) is 44.6 Å². The van der Waals surface area contributed by atoms with E-state index in [1.165, 1.54) is 6.42 Å². The summed E-state index contributed by atoms with van der Waals surface area (Å²) in [7, 11) is 0. The van der Waals surface area contributed by atoms with Crippen LogP contribution in [0, 0.1) is 5.92 Å². The number of aliphatic hydroxyl groups is 1. The highest BCUT2D eigenvalue weighted by molar-refractivity contribution is 5.51. The average molecular weight is 156 g/mol. The maximum atomic E-state index is 10.2. The van der Waals surface area contributed by atoms with Crippen LogP contribution >= 0.6 is 0 Å². The minimum absolute atomic E-state index is 0.317. The van der Waals surface area contributed by atoms with Gasteiger partial charge in [-0.05, 0) is 18.8 Å². The van der Waals surface area contributed by atoms with E-state index < -0.39 is 5.60 Å². The van der Waals surface area contributed by atoms with Crippen LogP contribution in [0.3, 0.4) is 0 Å². The third-order valence-corrected chi connectivity index (χ3v) is 2.53. The lowest BCUT2D eigenvalue weighted by Gasteiger charge is -2.33. The Bertz CT molecular complexity index is 144. The molecule has 11 heavy (non-hydrogen) atoms. The zero-order valence-electron chi connectivity index (χ0n) is 7.05. The number of rotatable bonds is 2. The van der Waals surface area contributed by atoms with Crippen LogP contribution in [0.1, 0.15) is 39.0 Å². The topological polar surface area (TPSA) is 37.3 Å². The van der Waals surface area contributed by atoms with Gasteiger partial charge in [-0.1, -0.05) is 19.8 Å². The molecule has 1 fully saturated rings. The molecule has 1 aliphatic carbocycles. The predicted molar refractivity (Wildman–Crippen MR) is 43.3 cm³/mol. The van der Waals surface area contributed by atoms with Gasteiger partial charge in [-0.25, -0.2) is 0 Å². The second-order valence-corrected chi connectivity index (χ2v) is 3.80. The molecule has 2 heteroatoms. The molecule has 2 atom stereocenters. The van der Waals surface area contributed by atoms with E-state index in [1.54, 1.807) is 0 Å². The van der Waals surface area contributed by atoms with Gasteiger partial charge in [-0.2, -0.15) is 0 Å². The number of carbonyl (C=O) groups excluding carboxylic acids is 1. The minimum Gasteiger partial charge on any atom is -0.389 e. The van der Waals surface area contributed by atoms with Gasteiger partial charge in [0, 0.05) is 6.42 Å². The SMILES string of the molecule is CC1CCCC(O)(CC=O)C1. The molecule has 1 saturated carbocycles. The molecule has 1 aliphatic rings. The van der Waals surface area contributed by atoms with Gasteiger partial charge in [0.05, 0.1) is 5.60 Å². The number of hydrogen-bond acceptors (Lipinski definition) is 2. The molecule has 0 radical (unpaired) electrons. The first kappa shape index (κ1) is 8.72. The van der Waals surface area contributed by atoms with Crippen LogP contribution in [0.2, 0.25) is 0 Å². The summed E-state index contributed by atoms with van der Waals surface area (Å²) in [6.45, 7) is 2.13. The summed E-state index contributed by atoms with van der Waals surface area (Å²) in [5.74, 6) is 0.577. The lowest BCUT2D eigenvalue weighted by molar-refractivity contribution is -0.114. The number of aldehydes is 1. The van der Waals surface area contributed by atoms with E-state index in [9.17, 15) is 9.90 Å². The Morgan fingerprint density at radius 2 is 2.45 bits per heavy atom. The van der Waals surface area contributed by atoms with Crippen LogP contribution in [0.5, 0.6) is 0 Å². The molecular weight excluding hydrogens is 140 g/mol. The number of carbonyl (C=O) groups is 1. The Kier molecular flexibility index (Phi) is 2.66. The minimum atomic E-state index is -0.667. The van der Waals surface area contributed by atoms with Gasteiger partial charge in [0.15, 0.2) is 0 Å². The molecule has 0 aliphatic heterocycles. The maximum Gasteiger partial charge on any atom is 0.122 e. The predicted octanol–water partition coefficient (Wildman–Crippen LogP) is 1.52. The molecule has 0 saturated heterocycles. The van der Waals surface area contributed by atoms with Crippen molar-refractivity contribution in [3.8, 4) is 0 Å². The second kappa shape index (κ2) is 3.35. The number of hydrogen-bond donors (Lipinski definition) is 1. The van der Waals surface area contributed by atoms with Gasteiger partial charge in [-0.15, -0.1) is 0 Å². The van der Waals surface area contributed by atoms with Crippen LogP contribution in [-0.4, -0.2) is 17.0 Å². The quantitative estimate of drug-likeness (QED) is 0.615. The summed E-state index contributed by atoms with van der Waals surface area (Å²) >= 11 is 0. The van der Waals surface area contributed by atoms with Crippen molar-refractivity contribution in [3.63, 3.8) is 0 Å². The summed E-state index contributed by atoms with van der Waals surface area (Å²) in [5.41, 5.74) is -0.667. The summed E-state index contributed by atoms with van der Waals surface area (Å²) in [6, 6.07) is 0. The molecule has 2 unspecified atom stereocenters. The van der Waals surface area contributed by atoms with Crippen LogP contribution in [0.15, 0.2) is 0 Å². The first-order valence-electron chi connectivity index (χ1n) is 4.32. The Labute approximate surface area is 67.6 Å². The van der Waals surface area contributed by atoms with Crippen LogP contribution < -0.4 is 0 Å². The van der Waals surface area contributed by atoms with E-state index >= 15 is 0 Å². The lowest BCUT2D eigenvalue weighted by atomic mass is 9.77. The standard InChI is InChI=1S/C9H16O2/c1-8-3-2-4-9(11,7-8)5-6-10/h6,8,11H,2-5,7H2,1H3. The molecule has 0 aromatic rings. The monoisotopic (exact) mass is 156 g/mol. The van der Waals surface area contributed by atoms with Crippen molar-refractivity contribution in [1.82, 2.24) is 0 Å². The summed E-state index contributed by atoms with van der Waals surface area (Å²) in [5, 5.41) is 9.81. The van der Waals surface area contributed by atoms with Crippen molar-refractivity contribution in [1.29, 1.82) is 0 Å². The van der Waals surface area contributed by atoms with Crippen LogP contribution in [-0.2, 0) is 4.79 Å². The molecule has 0 aromatic heterocycles. The summed E-state index contributed by atoms with van der Waals surface area (Å²) < 4.78 is 0. The molecule has 0 spiro atoms. The van der Waals surface area contributed by atoms with Crippen molar-refractivity contribution < 1.29 is 9.90 Å². The van der Waals surface area contributed by atoms with Gasteiger partial charge in [0.1, 0.15) is 6.29 Å². The zero-order chi connectivity index (χ0) is 8.32. The Morgan fingerprint density at radius 3 is 3.00 bits per heavy atom. The molecule has 64 valence electrons. The highest BCUT2D eigenvalue weighted by atomic mass is 16.3. The van der Waals surface area contributed by atoms with E-state index in [1.807, 2.05) is 0 Å². The highest BCUT2D eigenvalue weighted by Crippen LogP contribution is 2.33. The Balaban J connectivity index is 2.47. The molecular formula is C9H16O2. The van der Waals surface area contributed by atoms with Gasteiger partial charge in [0.25, 0.3) is 0 Å². The molecule has 0 amide bonds. The molecule has 0 aromatic carbocycles. The average Bonchev–Trinajstić information content (AvgIpc) is 1.86. The first-order valence-corrected chi connectivity index (χ1v) is 4.32. The van der Waals surface area contributed by atoms with E-state index in [2.05, 4.69) is 6.92 Å². The van der Waals surface area contributed by atoms with E-state index in [4.69, 9.17) is 0 Å². The fourth-order valence-corrected chi connectivity index (χ4v) is 1.97. The molecule has 0 heterocycles. The van der Waals surface area contributed by atoms with Crippen molar-refractivity contribution in [3.05, 3.63) is 0 Å². The largest absolute Gasteiger partial charge is 0.389 e. The van der Waals surface area contributed by atoms with Crippen molar-refractivity contribution in [2.24, 2.45) is 5.92 Å². The third-order valence-electron chi connectivity index (χ3n) is 2.53.